The predicted octanol–water partition coefficient (Wildman–Crippen LogP) is 4.39. The number of H-pyrrole nitrogens is 1. The van der Waals surface area contributed by atoms with Crippen molar-refractivity contribution in [3.8, 4) is 5.75 Å². The number of piperidine rings is 1. The minimum absolute atomic E-state index is 0.475. The molecule has 0 bridgehead atoms. The predicted molar refractivity (Wildman–Crippen MR) is 122 cm³/mol. The monoisotopic (exact) mass is 443 g/mol. The summed E-state index contributed by atoms with van der Waals surface area (Å²) in [5.41, 5.74) is 1.96. The van der Waals surface area contributed by atoms with Gasteiger partial charge in [-0.05, 0) is 55.8 Å². The molecule has 4 rings (SSSR count). The molecular weight excluding hydrogens is 417 g/mol. The minimum Gasteiger partial charge on any atom is -0.490 e. The number of aromatic amines is 1. The number of rotatable bonds is 7. The summed E-state index contributed by atoms with van der Waals surface area (Å²) in [4.78, 5) is 12.6. The van der Waals surface area contributed by atoms with Crippen molar-refractivity contribution in [2.24, 2.45) is 0 Å². The third-order valence-corrected chi connectivity index (χ3v) is 5.93. The van der Waals surface area contributed by atoms with Gasteiger partial charge >= 0.3 is 0 Å². The average molecular weight is 444 g/mol. The Kier molecular flexibility index (Phi) is 6.45. The van der Waals surface area contributed by atoms with Gasteiger partial charge in [-0.15, -0.1) is 0 Å². The van der Waals surface area contributed by atoms with Gasteiger partial charge in [-0.25, -0.2) is 14.4 Å². The average Bonchev–Trinajstić information content (AvgIpc) is 3.19. The smallest absolute Gasteiger partial charge is 0.204 e. The maximum Gasteiger partial charge on any atom is 0.204 e. The summed E-state index contributed by atoms with van der Waals surface area (Å²) in [6, 6.07) is 9.93. The Balaban J connectivity index is 1.70. The van der Waals surface area contributed by atoms with Crippen molar-refractivity contribution in [1.82, 2.24) is 20.2 Å². The molecule has 3 heterocycles. The summed E-state index contributed by atoms with van der Waals surface area (Å²) < 4.78 is 19.4. The number of nitrogens with one attached hydrogen (secondary N) is 3. The van der Waals surface area contributed by atoms with Crippen LogP contribution in [0.1, 0.15) is 18.5 Å². The first-order valence-corrected chi connectivity index (χ1v) is 11.0. The maximum atomic E-state index is 13.7. The zero-order chi connectivity index (χ0) is 21.8. The second-order valence-electron chi connectivity index (χ2n) is 7.31. The molecule has 2 aromatic heterocycles. The van der Waals surface area contributed by atoms with Crippen LogP contribution in [0.25, 0.3) is 0 Å². The van der Waals surface area contributed by atoms with Crippen LogP contribution in [0, 0.1) is 6.92 Å². The Morgan fingerprint density at radius 1 is 1.19 bits per heavy atom. The number of ether oxygens (including phenoxy) is 1. The Morgan fingerprint density at radius 2 is 1.94 bits per heavy atom. The van der Waals surface area contributed by atoms with Crippen molar-refractivity contribution < 1.29 is 9.13 Å². The van der Waals surface area contributed by atoms with Crippen LogP contribution in [0.5, 0.6) is 5.75 Å². The molecule has 8 nitrogen and oxygen atoms in total. The molecule has 3 aromatic rings. The van der Waals surface area contributed by atoms with Gasteiger partial charge in [0, 0.05) is 42.5 Å². The Labute approximate surface area is 185 Å². The van der Waals surface area contributed by atoms with Crippen molar-refractivity contribution >= 4 is 34.9 Å². The molecule has 0 amide bonds. The van der Waals surface area contributed by atoms with Crippen LogP contribution in [-0.2, 0) is 0 Å². The molecule has 1 aliphatic heterocycles. The van der Waals surface area contributed by atoms with Crippen LogP contribution in [-0.4, -0.2) is 53.6 Å². The van der Waals surface area contributed by atoms with Crippen LogP contribution in [0.4, 0.5) is 27.5 Å². The van der Waals surface area contributed by atoms with Crippen molar-refractivity contribution in [1.29, 1.82) is 0 Å². The fraction of sp³-hybridized carbons (Fsp3) is 0.381. The van der Waals surface area contributed by atoms with E-state index < -0.39 is 6.17 Å². The lowest BCUT2D eigenvalue weighted by Gasteiger charge is -2.31. The molecule has 1 aliphatic rings. The van der Waals surface area contributed by atoms with Gasteiger partial charge in [0.05, 0.1) is 7.11 Å². The SMILES string of the molecule is CNc1ccc(Sc2nc(Nc3cc(C)[nH]n3)c(OC)c(N3CCC(F)CC3)n2)cc1. The molecule has 0 spiro atoms. The minimum atomic E-state index is -0.770. The molecule has 1 saturated heterocycles. The van der Waals surface area contributed by atoms with Gasteiger partial charge in [0.25, 0.3) is 0 Å². The summed E-state index contributed by atoms with van der Waals surface area (Å²) in [5, 5.41) is 14.1. The second-order valence-corrected chi connectivity index (χ2v) is 8.35. The lowest BCUT2D eigenvalue weighted by atomic mass is 10.1. The third kappa shape index (κ3) is 5.01. The Bertz CT molecular complexity index is 1020. The maximum absolute atomic E-state index is 13.7. The first kappa shape index (κ1) is 21.2. The lowest BCUT2D eigenvalue weighted by Crippen LogP contribution is -2.35. The Morgan fingerprint density at radius 3 is 2.55 bits per heavy atom. The molecule has 31 heavy (non-hydrogen) atoms. The van der Waals surface area contributed by atoms with Crippen LogP contribution in [0.2, 0.25) is 0 Å². The van der Waals surface area contributed by atoms with Gasteiger partial charge in [0.1, 0.15) is 6.17 Å². The molecule has 1 fully saturated rings. The van der Waals surface area contributed by atoms with Gasteiger partial charge in [-0.3, -0.25) is 5.10 Å². The van der Waals surface area contributed by atoms with E-state index in [9.17, 15) is 4.39 Å². The van der Waals surface area contributed by atoms with Gasteiger partial charge in [0.15, 0.2) is 22.6 Å². The molecule has 3 N–H and O–H groups in total. The van der Waals surface area contributed by atoms with Gasteiger partial charge in [-0.2, -0.15) is 5.10 Å². The van der Waals surface area contributed by atoms with E-state index >= 15 is 0 Å². The third-order valence-electron chi connectivity index (χ3n) is 5.06. The van der Waals surface area contributed by atoms with E-state index in [1.807, 2.05) is 44.3 Å². The molecule has 164 valence electrons. The summed E-state index contributed by atoms with van der Waals surface area (Å²) >= 11 is 1.46. The lowest BCUT2D eigenvalue weighted by molar-refractivity contribution is 0.275. The van der Waals surface area contributed by atoms with Gasteiger partial charge in [-0.1, -0.05) is 0 Å². The zero-order valence-corrected chi connectivity index (χ0v) is 18.6. The molecule has 0 aliphatic carbocycles. The number of nitrogens with zero attached hydrogens (tertiary/aromatic N) is 4. The molecular formula is C21H26FN7OS. The van der Waals surface area contributed by atoms with E-state index in [1.54, 1.807) is 7.11 Å². The number of hydrogen-bond donors (Lipinski definition) is 3. The van der Waals surface area contributed by atoms with E-state index in [4.69, 9.17) is 14.7 Å². The van der Waals surface area contributed by atoms with Crippen molar-refractivity contribution in [3.05, 3.63) is 36.0 Å². The number of aryl methyl sites for hydroxylation is 1. The first-order valence-electron chi connectivity index (χ1n) is 10.2. The fourth-order valence-electron chi connectivity index (χ4n) is 3.41. The number of alkyl halides is 1. The molecule has 0 unspecified atom stereocenters. The standard InChI is InChI=1S/C21H26FN7OS/c1-13-12-17(28-27-13)24-19-18(30-3)20(29-10-8-14(22)9-11-29)26-21(25-19)31-16-6-4-15(23-2)5-7-16/h4-7,12,14,23H,8-11H2,1-3H3,(H2,24,25,26,27,28). The Hall–Kier alpha value is -3.01. The van der Waals surface area contributed by atoms with Gasteiger partial charge in [0.2, 0.25) is 5.75 Å². The summed E-state index contributed by atoms with van der Waals surface area (Å²) in [7, 11) is 3.48. The molecule has 0 atom stereocenters. The van der Waals surface area contributed by atoms with Crippen molar-refractivity contribution in [2.75, 3.05) is 42.8 Å². The topological polar surface area (TPSA) is 91.0 Å². The quantitative estimate of drug-likeness (QED) is 0.463. The summed E-state index contributed by atoms with van der Waals surface area (Å²) in [5.74, 6) is 2.34. The highest BCUT2D eigenvalue weighted by Gasteiger charge is 2.26. The highest BCUT2D eigenvalue weighted by molar-refractivity contribution is 7.99. The van der Waals surface area contributed by atoms with Gasteiger partial charge < -0.3 is 20.3 Å². The summed E-state index contributed by atoms with van der Waals surface area (Å²) in [6.45, 7) is 3.09. The normalized spacial score (nSPS) is 14.5. The fourth-order valence-corrected chi connectivity index (χ4v) is 4.16. The van der Waals surface area contributed by atoms with E-state index in [0.29, 0.717) is 54.3 Å². The molecule has 0 radical (unpaired) electrons. The number of methoxy groups -OCH3 is 1. The number of aromatic nitrogens is 4. The van der Waals surface area contributed by atoms with Crippen LogP contribution in [0.3, 0.4) is 0 Å². The summed E-state index contributed by atoms with van der Waals surface area (Å²) in [6.07, 6.45) is 0.179. The highest BCUT2D eigenvalue weighted by Crippen LogP contribution is 2.39. The van der Waals surface area contributed by atoms with Crippen LogP contribution in [0.15, 0.2) is 40.4 Å². The van der Waals surface area contributed by atoms with E-state index in [2.05, 4.69) is 25.7 Å². The van der Waals surface area contributed by atoms with Crippen molar-refractivity contribution in [3.63, 3.8) is 0 Å². The number of hydrogen-bond acceptors (Lipinski definition) is 8. The van der Waals surface area contributed by atoms with E-state index in [0.717, 1.165) is 16.3 Å². The zero-order valence-electron chi connectivity index (χ0n) is 17.8. The van der Waals surface area contributed by atoms with E-state index in [1.165, 1.54) is 11.8 Å². The molecule has 10 heteroatoms. The number of benzene rings is 1. The molecule has 1 aromatic carbocycles. The van der Waals surface area contributed by atoms with Crippen LogP contribution < -0.4 is 20.3 Å². The highest BCUT2D eigenvalue weighted by atomic mass is 32.2. The molecule has 0 saturated carbocycles. The second kappa shape index (κ2) is 9.42. The van der Waals surface area contributed by atoms with E-state index in [-0.39, 0.29) is 0 Å². The van der Waals surface area contributed by atoms with Crippen LogP contribution >= 0.6 is 11.8 Å². The number of halogens is 1. The first-order chi connectivity index (χ1) is 15.1. The van der Waals surface area contributed by atoms with Crippen molar-refractivity contribution in [2.45, 2.75) is 36.0 Å². The number of anilines is 4. The largest absolute Gasteiger partial charge is 0.490 e.